The first kappa shape index (κ1) is 47.1. The van der Waals surface area contributed by atoms with Crippen molar-refractivity contribution in [1.82, 2.24) is 0 Å². The predicted octanol–water partition coefficient (Wildman–Crippen LogP) is 17.3. The van der Waals surface area contributed by atoms with E-state index in [0.29, 0.717) is 0 Å². The fourth-order valence-corrected chi connectivity index (χ4v) is 11.2. The number of carboxylic acid groups (broad SMARTS) is 3. The Labute approximate surface area is 428 Å². The van der Waals surface area contributed by atoms with E-state index in [1.165, 1.54) is 34.0 Å². The van der Waals surface area contributed by atoms with E-state index in [2.05, 4.69) is 106 Å². The van der Waals surface area contributed by atoms with E-state index in [0.717, 1.165) is 99.2 Å². The smallest absolute Gasteiger partial charge is 0.345 e. The standard InChI is InChI=1S/C60H45N3O6S3/c1-37-4-16-46(17-5-37)61(55-31-28-52(70-55)58(64)65)49-22-10-40(11-23-49)43-34-44(41-12-24-50(25-13-41)62(47-18-6-38(2)7-19-47)56-32-29-53(71-56)59(66)67)36-45(35-43)42-14-26-51(27-15-42)63(48-20-8-39(3)9-21-48)57-33-30-54(72-57)60(68)69/h4-36H,1-3H3,(H,64,65)(H,66,67)(H,68,69). The zero-order valence-electron chi connectivity index (χ0n) is 39.2. The van der Waals surface area contributed by atoms with Gasteiger partial charge in [-0.1, -0.05) is 89.5 Å². The first-order valence-corrected chi connectivity index (χ1v) is 25.4. The lowest BCUT2D eigenvalue weighted by atomic mass is 9.93. The second-order valence-corrected chi connectivity index (χ2v) is 20.5. The Kier molecular flexibility index (Phi) is 13.1. The molecule has 72 heavy (non-hydrogen) atoms. The summed E-state index contributed by atoms with van der Waals surface area (Å²) in [5.74, 6) is -2.90. The van der Waals surface area contributed by atoms with Crippen molar-refractivity contribution in [3.05, 3.63) is 232 Å². The molecule has 0 aliphatic carbocycles. The number of hydrogen-bond acceptors (Lipinski definition) is 9. The van der Waals surface area contributed by atoms with Crippen LogP contribution in [0.1, 0.15) is 45.7 Å². The monoisotopic (exact) mass is 999 g/mol. The minimum absolute atomic E-state index is 0.257. The average Bonchev–Trinajstić information content (AvgIpc) is 4.20. The van der Waals surface area contributed by atoms with Gasteiger partial charge in [0.25, 0.3) is 0 Å². The molecular weight excluding hydrogens is 955 g/mol. The Balaban J connectivity index is 1.06. The molecule has 10 rings (SSSR count). The molecule has 0 radical (unpaired) electrons. The topological polar surface area (TPSA) is 122 Å². The number of nitrogens with zero attached hydrogens (tertiary/aromatic N) is 3. The molecule has 10 aromatic rings. The van der Waals surface area contributed by atoms with Crippen molar-refractivity contribution in [2.45, 2.75) is 20.8 Å². The van der Waals surface area contributed by atoms with Gasteiger partial charge in [0.15, 0.2) is 0 Å². The van der Waals surface area contributed by atoms with Gasteiger partial charge in [-0.2, -0.15) is 0 Å². The molecule has 0 aliphatic heterocycles. The van der Waals surface area contributed by atoms with Gasteiger partial charge in [0, 0.05) is 34.1 Å². The molecule has 9 nitrogen and oxygen atoms in total. The SMILES string of the molecule is Cc1ccc(N(c2ccc(-c3cc(-c4ccc(N(c5ccc(C)cc5)c5ccc(C(=O)O)s5)cc4)cc(-c4ccc(N(c5ccc(C)cc5)c5ccc(C(=O)O)s5)cc4)c3)cc2)c2ccc(C(=O)O)s2)cc1. The minimum atomic E-state index is -0.966. The highest BCUT2D eigenvalue weighted by Crippen LogP contribution is 2.44. The van der Waals surface area contributed by atoms with Crippen molar-refractivity contribution in [2.75, 3.05) is 14.7 Å². The number of thiophene rings is 3. The molecule has 0 amide bonds. The summed E-state index contributed by atoms with van der Waals surface area (Å²) in [5.41, 5.74) is 14.6. The van der Waals surface area contributed by atoms with Gasteiger partial charge in [-0.3, -0.25) is 0 Å². The number of carboxylic acids is 3. The molecule has 3 heterocycles. The summed E-state index contributed by atoms with van der Waals surface area (Å²) in [6, 6.07) is 66.4. The first-order chi connectivity index (χ1) is 34.8. The third-order valence-electron chi connectivity index (χ3n) is 12.3. The summed E-state index contributed by atoms with van der Waals surface area (Å²) in [5, 5.41) is 31.7. The van der Waals surface area contributed by atoms with Crippen molar-refractivity contribution < 1.29 is 29.7 Å². The maximum absolute atomic E-state index is 12.0. The molecule has 0 atom stereocenters. The van der Waals surface area contributed by atoms with Crippen molar-refractivity contribution in [2.24, 2.45) is 0 Å². The van der Waals surface area contributed by atoms with E-state index in [-0.39, 0.29) is 14.6 Å². The van der Waals surface area contributed by atoms with Gasteiger partial charge in [0.1, 0.15) is 29.6 Å². The molecule has 0 bridgehead atoms. The number of carbonyl (C=O) groups is 3. The predicted molar refractivity (Wildman–Crippen MR) is 296 cm³/mol. The lowest BCUT2D eigenvalue weighted by molar-refractivity contribution is 0.0691. The number of rotatable bonds is 15. The van der Waals surface area contributed by atoms with Crippen LogP contribution in [-0.2, 0) is 0 Å². The highest BCUT2D eigenvalue weighted by atomic mass is 32.1. The maximum atomic E-state index is 12.0. The number of aromatic carboxylic acids is 3. The summed E-state index contributed by atoms with van der Waals surface area (Å²) in [4.78, 5) is 42.9. The molecule has 0 unspecified atom stereocenters. The van der Waals surface area contributed by atoms with E-state index in [4.69, 9.17) is 0 Å². The molecule has 7 aromatic carbocycles. The second-order valence-electron chi connectivity index (χ2n) is 17.3. The van der Waals surface area contributed by atoms with Crippen molar-refractivity contribution in [3.63, 3.8) is 0 Å². The van der Waals surface area contributed by atoms with Gasteiger partial charge >= 0.3 is 17.9 Å². The molecule has 0 fully saturated rings. The Bertz CT molecular complexity index is 3190. The van der Waals surface area contributed by atoms with Gasteiger partial charge < -0.3 is 30.0 Å². The zero-order chi connectivity index (χ0) is 50.0. The molecule has 12 heteroatoms. The van der Waals surface area contributed by atoms with Crippen molar-refractivity contribution >= 4 is 101 Å². The van der Waals surface area contributed by atoms with Gasteiger partial charge in [-0.05, 0) is 182 Å². The van der Waals surface area contributed by atoms with Gasteiger partial charge in [0.2, 0.25) is 0 Å². The summed E-state index contributed by atoms with van der Waals surface area (Å²) in [7, 11) is 0. The molecule has 0 saturated heterocycles. The fourth-order valence-electron chi connectivity index (χ4n) is 8.52. The Hall–Kier alpha value is -8.55. The lowest BCUT2D eigenvalue weighted by Crippen LogP contribution is -2.08. The Morgan fingerprint density at radius 2 is 0.500 bits per heavy atom. The van der Waals surface area contributed by atoms with Gasteiger partial charge in [-0.25, -0.2) is 14.4 Å². The van der Waals surface area contributed by atoms with Crippen molar-refractivity contribution in [1.29, 1.82) is 0 Å². The summed E-state index contributed by atoms with van der Waals surface area (Å²) >= 11 is 3.67. The van der Waals surface area contributed by atoms with Gasteiger partial charge in [0.05, 0.1) is 0 Å². The van der Waals surface area contributed by atoms with Crippen LogP contribution in [0.5, 0.6) is 0 Å². The van der Waals surface area contributed by atoms with Crippen LogP contribution >= 0.6 is 34.0 Å². The third kappa shape index (κ3) is 9.92. The molecule has 354 valence electrons. The average molecular weight is 1000 g/mol. The van der Waals surface area contributed by atoms with Crippen LogP contribution in [0.4, 0.5) is 49.1 Å². The summed E-state index contributed by atoms with van der Waals surface area (Å²) < 4.78 is 0. The molecule has 0 aliphatic rings. The zero-order valence-corrected chi connectivity index (χ0v) is 41.6. The van der Waals surface area contributed by atoms with E-state index in [1.807, 2.05) is 112 Å². The Morgan fingerprint density at radius 3 is 0.694 bits per heavy atom. The van der Waals surface area contributed by atoms with E-state index >= 15 is 0 Å². The second kappa shape index (κ2) is 20.1. The highest BCUT2D eigenvalue weighted by molar-refractivity contribution is 7.18. The Morgan fingerprint density at radius 1 is 0.292 bits per heavy atom. The normalized spacial score (nSPS) is 11.0. The minimum Gasteiger partial charge on any atom is -0.477 e. The molecule has 0 saturated carbocycles. The van der Waals surface area contributed by atoms with Crippen LogP contribution < -0.4 is 14.7 Å². The van der Waals surface area contributed by atoms with Crippen LogP contribution in [0.3, 0.4) is 0 Å². The van der Waals surface area contributed by atoms with Crippen LogP contribution in [0, 0.1) is 20.8 Å². The van der Waals surface area contributed by atoms with Crippen molar-refractivity contribution in [3.8, 4) is 33.4 Å². The summed E-state index contributed by atoms with van der Waals surface area (Å²) in [6.07, 6.45) is 0. The van der Waals surface area contributed by atoms with E-state index < -0.39 is 17.9 Å². The largest absolute Gasteiger partial charge is 0.477 e. The van der Waals surface area contributed by atoms with E-state index in [1.54, 1.807) is 18.2 Å². The number of anilines is 9. The van der Waals surface area contributed by atoms with E-state index in [9.17, 15) is 29.7 Å². The highest BCUT2D eigenvalue weighted by Gasteiger charge is 2.21. The molecule has 3 N–H and O–H groups in total. The number of aryl methyl sites for hydroxylation is 3. The lowest BCUT2D eigenvalue weighted by Gasteiger charge is -2.24. The number of hydrogen-bond donors (Lipinski definition) is 3. The first-order valence-electron chi connectivity index (χ1n) is 22.9. The molecule has 3 aromatic heterocycles. The van der Waals surface area contributed by atoms with Crippen LogP contribution in [0.15, 0.2) is 200 Å². The number of benzene rings is 7. The fraction of sp³-hybridized carbons (Fsp3) is 0.0500. The van der Waals surface area contributed by atoms with Crippen LogP contribution in [0.2, 0.25) is 0 Å². The van der Waals surface area contributed by atoms with Crippen LogP contribution in [0.25, 0.3) is 33.4 Å². The molecule has 0 spiro atoms. The quantitative estimate of drug-likeness (QED) is 0.0922. The third-order valence-corrected chi connectivity index (χ3v) is 15.4. The maximum Gasteiger partial charge on any atom is 0.345 e. The van der Waals surface area contributed by atoms with Crippen LogP contribution in [-0.4, -0.2) is 33.2 Å². The molecular formula is C60H45N3O6S3. The summed E-state index contributed by atoms with van der Waals surface area (Å²) in [6.45, 7) is 6.11. The van der Waals surface area contributed by atoms with Gasteiger partial charge in [-0.15, -0.1) is 34.0 Å².